The molecule has 1 aliphatic carbocycles. The molecule has 0 aromatic carbocycles. The van der Waals surface area contributed by atoms with Crippen LogP contribution in [0, 0.1) is 29.1 Å². The summed E-state index contributed by atoms with van der Waals surface area (Å²) in [4.78, 5) is 10.5. The lowest BCUT2D eigenvalue weighted by Crippen LogP contribution is -2.28. The fourth-order valence-electron chi connectivity index (χ4n) is 3.42. The molecule has 0 bridgehead atoms. The first-order valence-corrected chi connectivity index (χ1v) is 10.6. The molecule has 0 heterocycles. The molecule has 1 aliphatic rings. The summed E-state index contributed by atoms with van der Waals surface area (Å²) in [5, 5.41) is 29.5. The van der Waals surface area contributed by atoms with Crippen LogP contribution in [0.1, 0.15) is 65.7 Å². The minimum atomic E-state index is -0.777. The maximum atomic E-state index is 10.6. The number of halogens is 1. The number of aliphatic hydroxyl groups excluding tert-OH is 2. The molecule has 3 N–H and O–H groups in total. The normalized spacial score (nSPS) is 26.5. The van der Waals surface area contributed by atoms with Gasteiger partial charge in [0.15, 0.2) is 0 Å². The van der Waals surface area contributed by atoms with Crippen molar-refractivity contribution in [3.63, 3.8) is 0 Å². The van der Waals surface area contributed by atoms with Crippen molar-refractivity contribution >= 4 is 17.6 Å². The number of hydrogen-bond donors (Lipinski definition) is 3. The van der Waals surface area contributed by atoms with Gasteiger partial charge in [-0.25, -0.2) is 0 Å². The molecule has 0 amide bonds. The molecule has 0 aliphatic heterocycles. The number of aliphatic carboxylic acids is 1. The van der Waals surface area contributed by atoms with Crippen LogP contribution in [0.4, 0.5) is 0 Å². The molecule has 1 rings (SSSR count). The van der Waals surface area contributed by atoms with Crippen molar-refractivity contribution in [1.82, 2.24) is 0 Å². The van der Waals surface area contributed by atoms with Gasteiger partial charge in [-0.1, -0.05) is 45.1 Å². The largest absolute Gasteiger partial charge is 0.481 e. The molecule has 5 atom stereocenters. The fourth-order valence-corrected chi connectivity index (χ4v) is 3.87. The molecule has 1 fully saturated rings. The molecule has 0 unspecified atom stereocenters. The predicted molar refractivity (Wildman–Crippen MR) is 114 cm³/mol. The van der Waals surface area contributed by atoms with Crippen LogP contribution in [-0.2, 0) is 4.79 Å². The van der Waals surface area contributed by atoms with Gasteiger partial charge in [0.2, 0.25) is 0 Å². The zero-order valence-electron chi connectivity index (χ0n) is 17.3. The van der Waals surface area contributed by atoms with Crippen molar-refractivity contribution in [2.45, 2.75) is 83.3 Å². The Morgan fingerprint density at radius 3 is 2.68 bits per heavy atom. The number of carboxylic acids is 1. The van der Waals surface area contributed by atoms with E-state index < -0.39 is 18.2 Å². The highest BCUT2D eigenvalue weighted by atomic mass is 35.5. The van der Waals surface area contributed by atoms with Gasteiger partial charge in [-0.15, -0.1) is 23.4 Å². The molecular weight excluding hydrogens is 376 g/mol. The zero-order chi connectivity index (χ0) is 21.2. The molecule has 28 heavy (non-hydrogen) atoms. The lowest BCUT2D eigenvalue weighted by Gasteiger charge is -2.27. The van der Waals surface area contributed by atoms with Gasteiger partial charge in [0.1, 0.15) is 0 Å². The predicted octanol–water partition coefficient (Wildman–Crippen LogP) is 4.54. The van der Waals surface area contributed by atoms with Gasteiger partial charge in [-0.2, -0.15) is 0 Å². The minimum absolute atomic E-state index is 0.0961. The smallest absolute Gasteiger partial charge is 0.303 e. The first-order valence-electron chi connectivity index (χ1n) is 10.2. The summed E-state index contributed by atoms with van der Waals surface area (Å²) in [5.41, 5.74) is -0.359. The van der Waals surface area contributed by atoms with E-state index in [0.717, 1.165) is 19.3 Å². The third-order valence-corrected chi connectivity index (χ3v) is 5.87. The Kier molecular flexibility index (Phi) is 10.9. The number of carbonyl (C=O) groups is 1. The molecule has 0 radical (unpaired) electrons. The number of carboxylic acid groups (broad SMARTS) is 1. The topological polar surface area (TPSA) is 77.8 Å². The first kappa shape index (κ1) is 24.8. The number of unbranched alkanes of at least 4 members (excludes halogenated alkanes) is 1. The fraction of sp³-hybridized carbons (Fsp3) is 0.696. The molecule has 0 saturated heterocycles. The SMILES string of the molecule is CCC#CCC(C)(C)[C@H](O)C=C[C@@H]1[C@@H](CC=CCCCC(=O)O)[C@H](Cl)C[C@H]1O. The summed E-state index contributed by atoms with van der Waals surface area (Å²) >= 11 is 6.45. The van der Waals surface area contributed by atoms with Crippen LogP contribution in [0.15, 0.2) is 24.3 Å². The van der Waals surface area contributed by atoms with Crippen molar-refractivity contribution in [1.29, 1.82) is 0 Å². The highest BCUT2D eigenvalue weighted by Gasteiger charge is 2.39. The molecule has 4 nitrogen and oxygen atoms in total. The van der Waals surface area contributed by atoms with E-state index in [-0.39, 0.29) is 29.0 Å². The number of rotatable bonds is 10. The van der Waals surface area contributed by atoms with Crippen LogP contribution in [-0.4, -0.2) is 38.9 Å². The van der Waals surface area contributed by atoms with Crippen LogP contribution in [0.25, 0.3) is 0 Å². The van der Waals surface area contributed by atoms with Gasteiger partial charge in [-0.05, 0) is 31.6 Å². The number of hydrogen-bond acceptors (Lipinski definition) is 3. The third kappa shape index (κ3) is 8.39. The summed E-state index contributed by atoms with van der Waals surface area (Å²) in [6.07, 6.45) is 10.7. The highest BCUT2D eigenvalue weighted by molar-refractivity contribution is 6.21. The van der Waals surface area contributed by atoms with Crippen LogP contribution in [0.2, 0.25) is 0 Å². The Hall–Kier alpha value is -1.28. The quantitative estimate of drug-likeness (QED) is 0.214. The number of allylic oxidation sites excluding steroid dienone is 2. The Labute approximate surface area is 174 Å². The molecule has 158 valence electrons. The van der Waals surface area contributed by atoms with Crippen LogP contribution >= 0.6 is 11.6 Å². The van der Waals surface area contributed by atoms with Crippen molar-refractivity contribution < 1.29 is 20.1 Å². The lowest BCUT2D eigenvalue weighted by atomic mass is 9.82. The van der Waals surface area contributed by atoms with Gasteiger partial charge in [0, 0.05) is 36.0 Å². The summed E-state index contributed by atoms with van der Waals surface area (Å²) in [6.45, 7) is 5.97. The maximum absolute atomic E-state index is 10.6. The van der Waals surface area contributed by atoms with E-state index in [2.05, 4.69) is 11.8 Å². The Morgan fingerprint density at radius 2 is 2.04 bits per heavy atom. The highest BCUT2D eigenvalue weighted by Crippen LogP contribution is 2.40. The van der Waals surface area contributed by atoms with Crippen molar-refractivity contribution in [3.05, 3.63) is 24.3 Å². The molecule has 1 saturated carbocycles. The average molecular weight is 411 g/mol. The third-order valence-electron chi connectivity index (χ3n) is 5.37. The zero-order valence-corrected chi connectivity index (χ0v) is 18.0. The van der Waals surface area contributed by atoms with Gasteiger partial charge in [0.25, 0.3) is 0 Å². The van der Waals surface area contributed by atoms with Crippen LogP contribution < -0.4 is 0 Å². The Balaban J connectivity index is 2.65. The molecule has 0 aromatic heterocycles. The Bertz CT molecular complexity index is 599. The second-order valence-corrected chi connectivity index (χ2v) is 8.82. The van der Waals surface area contributed by atoms with Gasteiger partial charge in [0.05, 0.1) is 12.2 Å². The summed E-state index contributed by atoms with van der Waals surface area (Å²) < 4.78 is 0. The van der Waals surface area contributed by atoms with Crippen molar-refractivity contribution in [2.24, 2.45) is 17.3 Å². The van der Waals surface area contributed by atoms with Crippen molar-refractivity contribution in [2.75, 3.05) is 0 Å². The standard InChI is InChI=1S/C23H35ClO4/c1-4-5-10-15-23(2,3)21(26)14-13-18-17(19(24)16-20(18)25)11-8-6-7-9-12-22(27)28/h6,8,13-14,17-21,25-26H,4,7,9,11-12,15-16H2,1-3H3,(H,27,28)/t17-,18-,19-,20-,21-/m1/s1. The van der Waals surface area contributed by atoms with Gasteiger partial charge >= 0.3 is 5.97 Å². The van der Waals surface area contributed by atoms with E-state index in [9.17, 15) is 15.0 Å². The first-order chi connectivity index (χ1) is 13.2. The van der Waals surface area contributed by atoms with E-state index in [1.165, 1.54) is 0 Å². The summed E-state index contributed by atoms with van der Waals surface area (Å²) in [6, 6.07) is 0. The Morgan fingerprint density at radius 1 is 1.32 bits per heavy atom. The van der Waals surface area contributed by atoms with Crippen molar-refractivity contribution in [3.8, 4) is 11.8 Å². The van der Waals surface area contributed by atoms with E-state index in [0.29, 0.717) is 19.3 Å². The lowest BCUT2D eigenvalue weighted by molar-refractivity contribution is -0.137. The summed E-state index contributed by atoms with van der Waals surface area (Å²) in [5.74, 6) is 5.36. The van der Waals surface area contributed by atoms with E-state index in [4.69, 9.17) is 16.7 Å². The minimum Gasteiger partial charge on any atom is -0.481 e. The molecular formula is C23H35ClO4. The molecule has 0 spiro atoms. The van der Waals surface area contributed by atoms with E-state index >= 15 is 0 Å². The van der Waals surface area contributed by atoms with Crippen LogP contribution in [0.5, 0.6) is 0 Å². The molecule has 5 heteroatoms. The maximum Gasteiger partial charge on any atom is 0.303 e. The van der Waals surface area contributed by atoms with Crippen LogP contribution in [0.3, 0.4) is 0 Å². The monoisotopic (exact) mass is 410 g/mol. The molecule has 0 aromatic rings. The number of aliphatic hydroxyl groups is 2. The average Bonchev–Trinajstić information content (AvgIpc) is 2.88. The second kappa shape index (κ2) is 12.3. The van der Waals surface area contributed by atoms with Gasteiger partial charge < -0.3 is 15.3 Å². The second-order valence-electron chi connectivity index (χ2n) is 8.26. The number of alkyl halides is 1. The summed E-state index contributed by atoms with van der Waals surface area (Å²) in [7, 11) is 0. The van der Waals surface area contributed by atoms with E-state index in [1.807, 2.05) is 39.0 Å². The van der Waals surface area contributed by atoms with E-state index in [1.54, 1.807) is 6.08 Å². The van der Waals surface area contributed by atoms with Gasteiger partial charge in [-0.3, -0.25) is 4.79 Å².